The summed E-state index contributed by atoms with van der Waals surface area (Å²) < 4.78 is 44.3. The molecule has 2 rings (SSSR count). The van der Waals surface area contributed by atoms with E-state index in [4.69, 9.17) is 16.3 Å². The smallest absolute Gasteiger partial charge is 0.267 e. The van der Waals surface area contributed by atoms with E-state index in [0.717, 1.165) is 37.7 Å². The quantitative estimate of drug-likeness (QED) is 0.848. The monoisotopic (exact) mass is 391 g/mol. The summed E-state index contributed by atoms with van der Waals surface area (Å²) in [6, 6.07) is 2.13. The summed E-state index contributed by atoms with van der Waals surface area (Å²) in [6.07, 6.45) is 3.81. The van der Waals surface area contributed by atoms with Crippen molar-refractivity contribution in [1.29, 1.82) is 0 Å². The minimum Gasteiger partial charge on any atom is -0.488 e. The number of carbonyl (C=O) groups is 1. The van der Waals surface area contributed by atoms with Gasteiger partial charge in [-0.05, 0) is 24.8 Å². The Morgan fingerprint density at radius 3 is 2.60 bits per heavy atom. The molecule has 1 aromatic carbocycles. The minimum atomic E-state index is -3.80. The Hall–Kier alpha value is -1.34. The molecule has 1 saturated carbocycles. The zero-order valence-corrected chi connectivity index (χ0v) is 16.3. The molecule has 0 aromatic heterocycles. The lowest BCUT2D eigenvalue weighted by atomic mass is 9.70. The molecular formula is C17H23ClFNO4S. The zero-order chi connectivity index (χ0) is 19.0. The molecule has 2 atom stereocenters. The molecule has 1 fully saturated rings. The molecule has 0 aliphatic heterocycles. The summed E-state index contributed by atoms with van der Waals surface area (Å²) in [5, 5.41) is 0.0635. The first kappa shape index (κ1) is 20.0. The largest absolute Gasteiger partial charge is 0.488 e. The molecule has 1 aromatic rings. The molecule has 5 nitrogen and oxygen atoms in total. The molecule has 1 aliphatic rings. The molecule has 0 heterocycles. The molecule has 8 heteroatoms. The summed E-state index contributed by atoms with van der Waals surface area (Å²) in [5.74, 6) is -1.51. The molecule has 0 saturated heterocycles. The second-order valence-electron chi connectivity index (χ2n) is 7.36. The Labute approximate surface area is 152 Å². The molecular weight excluding hydrogens is 369 g/mol. The summed E-state index contributed by atoms with van der Waals surface area (Å²) in [4.78, 5) is 11.9. The van der Waals surface area contributed by atoms with E-state index in [9.17, 15) is 17.6 Å². The Morgan fingerprint density at radius 2 is 2.04 bits per heavy atom. The number of ether oxygens (including phenoxy) is 1. The average Bonchev–Trinajstić information content (AvgIpc) is 2.43. The molecule has 0 spiro atoms. The van der Waals surface area contributed by atoms with Crippen LogP contribution in [0, 0.1) is 17.2 Å². The Kier molecular flexibility index (Phi) is 5.68. The predicted molar refractivity (Wildman–Crippen MR) is 94.9 cm³/mol. The second kappa shape index (κ2) is 7.11. The summed E-state index contributed by atoms with van der Waals surface area (Å²) >= 11 is 6.16. The number of amides is 1. The summed E-state index contributed by atoms with van der Waals surface area (Å²) in [7, 11) is -3.80. The van der Waals surface area contributed by atoms with Gasteiger partial charge >= 0.3 is 0 Å². The third kappa shape index (κ3) is 4.85. The Bertz CT molecular complexity index is 779. The van der Waals surface area contributed by atoms with Gasteiger partial charge in [0.2, 0.25) is 10.0 Å². The third-order valence-corrected chi connectivity index (χ3v) is 5.42. The number of carbonyl (C=O) groups excluding carboxylic acids is 1. The van der Waals surface area contributed by atoms with Crippen molar-refractivity contribution in [2.45, 2.75) is 46.1 Å². The van der Waals surface area contributed by atoms with Gasteiger partial charge in [-0.25, -0.2) is 17.5 Å². The fourth-order valence-corrected chi connectivity index (χ4v) is 4.03. The van der Waals surface area contributed by atoms with E-state index >= 15 is 0 Å². The van der Waals surface area contributed by atoms with Crippen molar-refractivity contribution in [3.63, 3.8) is 0 Å². The predicted octanol–water partition coefficient (Wildman–Crippen LogP) is 3.76. The molecule has 25 heavy (non-hydrogen) atoms. The molecule has 1 unspecified atom stereocenters. The average molecular weight is 392 g/mol. The van der Waals surface area contributed by atoms with Gasteiger partial charge in [0, 0.05) is 11.5 Å². The van der Waals surface area contributed by atoms with Gasteiger partial charge in [-0.15, -0.1) is 0 Å². The van der Waals surface area contributed by atoms with Crippen LogP contribution < -0.4 is 9.46 Å². The van der Waals surface area contributed by atoms with Crippen molar-refractivity contribution < 1.29 is 22.3 Å². The number of hydrogen-bond donors (Lipinski definition) is 1. The van der Waals surface area contributed by atoms with Crippen LogP contribution >= 0.6 is 11.6 Å². The van der Waals surface area contributed by atoms with Crippen LogP contribution in [0.15, 0.2) is 12.1 Å². The first-order valence-corrected chi connectivity index (χ1v) is 10.4. The van der Waals surface area contributed by atoms with Gasteiger partial charge in [0.15, 0.2) is 0 Å². The van der Waals surface area contributed by atoms with Crippen LogP contribution in [0.25, 0.3) is 0 Å². The maximum atomic E-state index is 14.3. The highest BCUT2D eigenvalue weighted by atomic mass is 35.5. The van der Waals surface area contributed by atoms with Crippen molar-refractivity contribution in [2.24, 2.45) is 11.3 Å². The fraction of sp³-hybridized carbons (Fsp3) is 0.588. The van der Waals surface area contributed by atoms with Crippen molar-refractivity contribution in [1.82, 2.24) is 4.72 Å². The van der Waals surface area contributed by atoms with Gasteiger partial charge in [-0.1, -0.05) is 38.8 Å². The summed E-state index contributed by atoms with van der Waals surface area (Å²) in [6.45, 7) is 6.29. The van der Waals surface area contributed by atoms with Crippen LogP contribution in [0.1, 0.15) is 50.4 Å². The highest BCUT2D eigenvalue weighted by molar-refractivity contribution is 7.89. The van der Waals surface area contributed by atoms with E-state index < -0.39 is 27.3 Å². The van der Waals surface area contributed by atoms with Crippen LogP contribution in [0.4, 0.5) is 4.39 Å². The highest BCUT2D eigenvalue weighted by Gasteiger charge is 2.39. The highest BCUT2D eigenvalue weighted by Crippen LogP contribution is 2.42. The van der Waals surface area contributed by atoms with Gasteiger partial charge in [-0.2, -0.15) is 0 Å². The molecule has 0 bridgehead atoms. The lowest BCUT2D eigenvalue weighted by Crippen LogP contribution is -2.43. The van der Waals surface area contributed by atoms with E-state index in [0.29, 0.717) is 0 Å². The van der Waals surface area contributed by atoms with E-state index in [1.54, 1.807) is 4.72 Å². The lowest BCUT2D eigenvalue weighted by Gasteiger charge is -2.42. The Morgan fingerprint density at radius 1 is 1.40 bits per heavy atom. The van der Waals surface area contributed by atoms with Gasteiger partial charge in [0.25, 0.3) is 5.91 Å². The van der Waals surface area contributed by atoms with Crippen molar-refractivity contribution >= 4 is 27.5 Å². The van der Waals surface area contributed by atoms with Crippen LogP contribution in [-0.2, 0) is 10.0 Å². The van der Waals surface area contributed by atoms with Gasteiger partial charge in [0.05, 0.1) is 16.8 Å². The van der Waals surface area contributed by atoms with Gasteiger partial charge < -0.3 is 4.74 Å². The van der Waals surface area contributed by atoms with Crippen LogP contribution in [0.3, 0.4) is 0 Å². The number of hydrogen-bond acceptors (Lipinski definition) is 4. The number of sulfonamides is 1. The second-order valence-corrected chi connectivity index (χ2v) is 9.52. The van der Waals surface area contributed by atoms with Gasteiger partial charge in [-0.3, -0.25) is 4.79 Å². The van der Waals surface area contributed by atoms with E-state index in [2.05, 4.69) is 20.8 Å². The van der Waals surface area contributed by atoms with Crippen molar-refractivity contribution in [2.75, 3.05) is 6.26 Å². The third-order valence-electron chi connectivity index (χ3n) is 4.57. The van der Waals surface area contributed by atoms with Crippen molar-refractivity contribution in [3.8, 4) is 5.75 Å². The number of benzene rings is 1. The first-order chi connectivity index (χ1) is 11.4. The molecule has 140 valence electrons. The topological polar surface area (TPSA) is 72.5 Å². The fourth-order valence-electron chi connectivity index (χ4n) is 3.37. The first-order valence-electron chi connectivity index (χ1n) is 8.08. The van der Waals surface area contributed by atoms with Gasteiger partial charge in [0.1, 0.15) is 17.7 Å². The maximum absolute atomic E-state index is 14.3. The Balaban J connectivity index is 2.29. The summed E-state index contributed by atoms with van der Waals surface area (Å²) in [5.41, 5.74) is -0.525. The standard InChI is InChI=1S/C17H23ClFNO4S/c1-10-6-5-7-17(2,3)15(10)24-14-9-13(19)11(8-12(14)18)16(21)20-25(4,22)23/h8-10,15H,5-7H2,1-4H3,(H,20,21)/t10?,15-/m1/s1. The molecule has 1 aliphatic carbocycles. The maximum Gasteiger partial charge on any atom is 0.267 e. The van der Waals surface area contributed by atoms with Crippen LogP contribution in [0.2, 0.25) is 5.02 Å². The van der Waals surface area contributed by atoms with Crippen LogP contribution in [0.5, 0.6) is 5.75 Å². The van der Waals surface area contributed by atoms with E-state index in [1.165, 1.54) is 0 Å². The van der Waals surface area contributed by atoms with Crippen molar-refractivity contribution in [3.05, 3.63) is 28.5 Å². The van der Waals surface area contributed by atoms with Crippen LogP contribution in [-0.4, -0.2) is 26.7 Å². The van der Waals surface area contributed by atoms with E-state index in [-0.39, 0.29) is 28.2 Å². The number of halogens is 2. The minimum absolute atomic E-state index is 0.0635. The molecule has 0 radical (unpaired) electrons. The lowest BCUT2D eigenvalue weighted by molar-refractivity contribution is -0.00595. The molecule has 1 N–H and O–H groups in total. The number of rotatable bonds is 4. The van der Waals surface area contributed by atoms with E-state index in [1.807, 2.05) is 0 Å². The SMILES string of the molecule is CC1CCCC(C)(C)[C@@H]1Oc1cc(F)c(C(=O)NS(C)(=O)=O)cc1Cl. The number of nitrogens with one attached hydrogen (secondary N) is 1. The molecule has 1 amide bonds. The zero-order valence-electron chi connectivity index (χ0n) is 14.7. The normalized spacial score (nSPS) is 23.1.